The van der Waals surface area contributed by atoms with Crippen LogP contribution >= 0.6 is 0 Å². The van der Waals surface area contributed by atoms with Crippen LogP contribution < -0.4 is 9.47 Å². The molecule has 0 amide bonds. The van der Waals surface area contributed by atoms with Gasteiger partial charge in [0, 0.05) is 5.56 Å². The standard InChI is InChI=1S/C21H18N6O2/c1-2-28-16-6-8-17(9-7-16)29-12-14-4-3-5-15(10-14)19-24-21-18-11-23-25-20(18)22-13-27(21)26-19/h3-11,13H,2,12H2,1H3,(H,23,25). The van der Waals surface area contributed by atoms with Crippen molar-refractivity contribution in [2.45, 2.75) is 13.5 Å². The van der Waals surface area contributed by atoms with Crippen molar-refractivity contribution < 1.29 is 9.47 Å². The van der Waals surface area contributed by atoms with Gasteiger partial charge in [0.25, 0.3) is 0 Å². The van der Waals surface area contributed by atoms with E-state index >= 15 is 0 Å². The van der Waals surface area contributed by atoms with E-state index in [4.69, 9.17) is 9.47 Å². The first-order valence-electron chi connectivity index (χ1n) is 9.29. The summed E-state index contributed by atoms with van der Waals surface area (Å²) >= 11 is 0. The van der Waals surface area contributed by atoms with Crippen molar-refractivity contribution in [2.24, 2.45) is 0 Å². The zero-order valence-electron chi connectivity index (χ0n) is 15.7. The largest absolute Gasteiger partial charge is 0.494 e. The molecule has 5 aromatic rings. The Hall–Kier alpha value is -3.94. The first-order valence-corrected chi connectivity index (χ1v) is 9.29. The van der Waals surface area contributed by atoms with E-state index < -0.39 is 0 Å². The van der Waals surface area contributed by atoms with E-state index in [2.05, 4.69) is 25.3 Å². The quantitative estimate of drug-likeness (QED) is 0.479. The zero-order chi connectivity index (χ0) is 19.6. The Bertz CT molecular complexity index is 1280. The minimum atomic E-state index is 0.447. The topological polar surface area (TPSA) is 90.2 Å². The summed E-state index contributed by atoms with van der Waals surface area (Å²) in [7, 11) is 0. The number of rotatable bonds is 6. The highest BCUT2D eigenvalue weighted by molar-refractivity contribution is 5.88. The van der Waals surface area contributed by atoms with Gasteiger partial charge in [0.05, 0.1) is 18.2 Å². The molecule has 0 aliphatic heterocycles. The first-order chi connectivity index (χ1) is 14.3. The third-order valence-electron chi connectivity index (χ3n) is 4.51. The number of fused-ring (bicyclic) bond motifs is 3. The average molecular weight is 386 g/mol. The van der Waals surface area contributed by atoms with Crippen LogP contribution in [0.3, 0.4) is 0 Å². The lowest BCUT2D eigenvalue weighted by Gasteiger charge is -2.08. The fraction of sp³-hybridized carbons (Fsp3) is 0.143. The summed E-state index contributed by atoms with van der Waals surface area (Å²) < 4.78 is 13.0. The van der Waals surface area contributed by atoms with Gasteiger partial charge in [0.2, 0.25) is 0 Å². The van der Waals surface area contributed by atoms with Crippen LogP contribution in [0, 0.1) is 0 Å². The SMILES string of the molecule is CCOc1ccc(OCc2cccc(-c3nc4c5cn[nH]c5ncn4n3)c2)cc1. The first kappa shape index (κ1) is 17.2. The Balaban J connectivity index is 1.37. The minimum absolute atomic E-state index is 0.447. The van der Waals surface area contributed by atoms with Gasteiger partial charge in [-0.25, -0.2) is 14.5 Å². The normalized spacial score (nSPS) is 11.2. The van der Waals surface area contributed by atoms with Gasteiger partial charge < -0.3 is 9.47 Å². The molecular formula is C21H18N6O2. The summed E-state index contributed by atoms with van der Waals surface area (Å²) in [6.45, 7) is 3.05. The molecule has 0 spiro atoms. The molecule has 0 saturated heterocycles. The summed E-state index contributed by atoms with van der Waals surface area (Å²) in [6, 6.07) is 15.6. The number of H-pyrrole nitrogens is 1. The third kappa shape index (κ3) is 3.36. The van der Waals surface area contributed by atoms with Crippen molar-refractivity contribution in [3.8, 4) is 22.9 Å². The fourth-order valence-corrected chi connectivity index (χ4v) is 3.13. The second kappa shape index (κ2) is 7.23. The van der Waals surface area contributed by atoms with Gasteiger partial charge in [0.15, 0.2) is 17.1 Å². The van der Waals surface area contributed by atoms with Crippen molar-refractivity contribution in [1.82, 2.24) is 29.8 Å². The minimum Gasteiger partial charge on any atom is -0.494 e. The highest BCUT2D eigenvalue weighted by Crippen LogP contribution is 2.22. The molecule has 3 aromatic heterocycles. The van der Waals surface area contributed by atoms with Gasteiger partial charge in [-0.2, -0.15) is 5.10 Å². The van der Waals surface area contributed by atoms with E-state index in [1.165, 1.54) is 0 Å². The molecule has 0 fully saturated rings. The van der Waals surface area contributed by atoms with E-state index in [1.807, 2.05) is 55.5 Å². The maximum atomic E-state index is 5.90. The highest BCUT2D eigenvalue weighted by atomic mass is 16.5. The Morgan fingerprint density at radius 2 is 1.86 bits per heavy atom. The van der Waals surface area contributed by atoms with Crippen molar-refractivity contribution >= 4 is 16.7 Å². The van der Waals surface area contributed by atoms with E-state index in [1.54, 1.807) is 17.0 Å². The summed E-state index contributed by atoms with van der Waals surface area (Å²) in [5.74, 6) is 2.25. The molecule has 0 atom stereocenters. The molecule has 2 aromatic carbocycles. The van der Waals surface area contributed by atoms with Crippen molar-refractivity contribution in [3.05, 3.63) is 66.6 Å². The molecule has 0 aliphatic carbocycles. The third-order valence-corrected chi connectivity index (χ3v) is 4.51. The number of benzene rings is 2. The number of hydrogen-bond acceptors (Lipinski definition) is 6. The monoisotopic (exact) mass is 386 g/mol. The molecule has 8 heteroatoms. The van der Waals surface area contributed by atoms with Crippen molar-refractivity contribution in [3.63, 3.8) is 0 Å². The van der Waals surface area contributed by atoms with Crippen LogP contribution in [0.5, 0.6) is 11.5 Å². The maximum absolute atomic E-state index is 5.90. The predicted octanol–water partition coefficient (Wildman–Crippen LogP) is 3.65. The number of ether oxygens (including phenoxy) is 2. The molecule has 8 nitrogen and oxygen atoms in total. The predicted molar refractivity (Wildman–Crippen MR) is 108 cm³/mol. The van der Waals surface area contributed by atoms with Gasteiger partial charge in [-0.05, 0) is 42.8 Å². The lowest BCUT2D eigenvalue weighted by Crippen LogP contribution is -1.96. The lowest BCUT2D eigenvalue weighted by molar-refractivity contribution is 0.304. The summed E-state index contributed by atoms with van der Waals surface area (Å²) in [5, 5.41) is 12.2. The molecule has 0 radical (unpaired) electrons. The van der Waals surface area contributed by atoms with E-state index in [0.29, 0.717) is 24.7 Å². The summed E-state index contributed by atoms with van der Waals surface area (Å²) in [6.07, 6.45) is 3.34. The van der Waals surface area contributed by atoms with Crippen molar-refractivity contribution in [1.29, 1.82) is 0 Å². The Kier molecular flexibility index (Phi) is 4.28. The summed E-state index contributed by atoms with van der Waals surface area (Å²) in [5.41, 5.74) is 3.35. The van der Waals surface area contributed by atoms with Crippen LogP contribution in [0.4, 0.5) is 0 Å². The van der Waals surface area contributed by atoms with E-state index in [0.717, 1.165) is 33.7 Å². The number of nitrogens with zero attached hydrogens (tertiary/aromatic N) is 5. The number of hydrogen-bond donors (Lipinski definition) is 1. The Labute approximate surface area is 166 Å². The van der Waals surface area contributed by atoms with E-state index in [9.17, 15) is 0 Å². The molecule has 0 aliphatic rings. The molecular weight excluding hydrogens is 368 g/mol. The van der Waals surface area contributed by atoms with Crippen LogP contribution in [0.1, 0.15) is 12.5 Å². The van der Waals surface area contributed by atoms with Gasteiger partial charge in [0.1, 0.15) is 24.4 Å². The van der Waals surface area contributed by atoms with Crippen LogP contribution in [-0.2, 0) is 6.61 Å². The van der Waals surface area contributed by atoms with Crippen LogP contribution in [0.15, 0.2) is 61.1 Å². The second-order valence-electron chi connectivity index (χ2n) is 6.47. The second-order valence-corrected chi connectivity index (χ2v) is 6.47. The van der Waals surface area contributed by atoms with Crippen LogP contribution in [0.2, 0.25) is 0 Å². The summed E-state index contributed by atoms with van der Waals surface area (Å²) in [4.78, 5) is 8.96. The molecule has 0 saturated carbocycles. The molecule has 5 rings (SSSR count). The molecule has 144 valence electrons. The number of aromatic amines is 1. The smallest absolute Gasteiger partial charge is 0.182 e. The lowest BCUT2D eigenvalue weighted by atomic mass is 10.1. The number of aromatic nitrogens is 6. The molecule has 0 unspecified atom stereocenters. The Morgan fingerprint density at radius 1 is 1.03 bits per heavy atom. The molecule has 0 bridgehead atoms. The molecule has 1 N–H and O–H groups in total. The zero-order valence-corrected chi connectivity index (χ0v) is 15.7. The van der Waals surface area contributed by atoms with Crippen molar-refractivity contribution in [2.75, 3.05) is 6.61 Å². The highest BCUT2D eigenvalue weighted by Gasteiger charge is 2.11. The molecule has 29 heavy (non-hydrogen) atoms. The fourth-order valence-electron chi connectivity index (χ4n) is 3.13. The van der Waals surface area contributed by atoms with Gasteiger partial charge >= 0.3 is 0 Å². The number of nitrogens with one attached hydrogen (secondary N) is 1. The van der Waals surface area contributed by atoms with Gasteiger partial charge in [-0.3, -0.25) is 5.10 Å². The van der Waals surface area contributed by atoms with Crippen LogP contribution in [0.25, 0.3) is 28.1 Å². The Morgan fingerprint density at radius 3 is 2.69 bits per heavy atom. The van der Waals surface area contributed by atoms with E-state index in [-0.39, 0.29) is 0 Å². The van der Waals surface area contributed by atoms with Gasteiger partial charge in [-0.1, -0.05) is 18.2 Å². The van der Waals surface area contributed by atoms with Crippen LogP contribution in [-0.4, -0.2) is 36.4 Å². The van der Waals surface area contributed by atoms with Gasteiger partial charge in [-0.15, -0.1) is 5.10 Å². The maximum Gasteiger partial charge on any atom is 0.182 e. The molecule has 3 heterocycles. The average Bonchev–Trinajstić information content (AvgIpc) is 3.40.